The van der Waals surface area contributed by atoms with Crippen LogP contribution < -0.4 is 9.64 Å². The van der Waals surface area contributed by atoms with Crippen LogP contribution in [0.4, 0.5) is 5.69 Å². The van der Waals surface area contributed by atoms with Gasteiger partial charge in [-0.3, -0.25) is 0 Å². The van der Waals surface area contributed by atoms with Crippen LogP contribution in [0, 0.1) is 0 Å². The summed E-state index contributed by atoms with van der Waals surface area (Å²) in [5, 5.41) is 13.9. The van der Waals surface area contributed by atoms with Gasteiger partial charge in [0.25, 0.3) is 0 Å². The lowest BCUT2D eigenvalue weighted by molar-refractivity contribution is 0.320. The summed E-state index contributed by atoms with van der Waals surface area (Å²) >= 11 is 1.67. The summed E-state index contributed by atoms with van der Waals surface area (Å²) in [5.74, 6) is 0.836. The molecule has 0 radical (unpaired) electrons. The third kappa shape index (κ3) is 3.05. The standard InChI is InChI=1S/C18H18N2O2S/c1-3-20-16-11-14(22-2)9-10-17(16)23-18(20)12-15(19-21)13-7-5-4-6-8-13/h4-12,21H,3H2,1-2H3/b18-12-,19-15-. The highest BCUT2D eigenvalue weighted by atomic mass is 32.2. The molecule has 0 amide bonds. The third-order valence-corrected chi connectivity index (χ3v) is 4.80. The predicted molar refractivity (Wildman–Crippen MR) is 94.7 cm³/mol. The van der Waals surface area contributed by atoms with Crippen LogP contribution in [0.3, 0.4) is 0 Å². The summed E-state index contributed by atoms with van der Waals surface area (Å²) in [6, 6.07) is 15.7. The second-order valence-corrected chi connectivity index (χ2v) is 6.08. The van der Waals surface area contributed by atoms with E-state index in [1.807, 2.05) is 48.5 Å². The SMILES string of the molecule is CCN1/C(=C/C(=N/O)c2ccccc2)Sc2ccc(OC)cc21. The van der Waals surface area contributed by atoms with Crippen molar-refractivity contribution < 1.29 is 9.94 Å². The number of fused-ring (bicyclic) bond motifs is 1. The Kier molecular flexibility index (Phi) is 4.57. The number of hydrogen-bond donors (Lipinski definition) is 1. The zero-order valence-corrected chi connectivity index (χ0v) is 13.9. The summed E-state index contributed by atoms with van der Waals surface area (Å²) in [6.07, 6.45) is 1.91. The first-order chi connectivity index (χ1) is 11.3. The average molecular weight is 326 g/mol. The molecule has 1 aliphatic rings. The zero-order chi connectivity index (χ0) is 16.2. The maximum absolute atomic E-state index is 9.39. The van der Waals surface area contributed by atoms with Gasteiger partial charge in [-0.15, -0.1) is 0 Å². The van der Waals surface area contributed by atoms with Gasteiger partial charge in [0, 0.05) is 23.1 Å². The van der Waals surface area contributed by atoms with Crippen LogP contribution in [-0.4, -0.2) is 24.6 Å². The highest BCUT2D eigenvalue weighted by molar-refractivity contribution is 8.03. The highest BCUT2D eigenvalue weighted by Crippen LogP contribution is 2.47. The first-order valence-electron chi connectivity index (χ1n) is 7.39. The second-order valence-electron chi connectivity index (χ2n) is 5.01. The molecule has 4 nitrogen and oxygen atoms in total. The van der Waals surface area contributed by atoms with Crippen molar-refractivity contribution >= 4 is 23.2 Å². The molecule has 2 aromatic carbocycles. The number of ether oxygens (including phenoxy) is 1. The van der Waals surface area contributed by atoms with Crippen molar-refractivity contribution in [1.29, 1.82) is 0 Å². The van der Waals surface area contributed by atoms with E-state index in [-0.39, 0.29) is 0 Å². The Bertz CT molecular complexity index is 757. The van der Waals surface area contributed by atoms with E-state index in [4.69, 9.17) is 4.74 Å². The minimum absolute atomic E-state index is 0.548. The van der Waals surface area contributed by atoms with Crippen molar-refractivity contribution in [2.75, 3.05) is 18.6 Å². The van der Waals surface area contributed by atoms with Crippen LogP contribution in [0.2, 0.25) is 0 Å². The zero-order valence-electron chi connectivity index (χ0n) is 13.1. The summed E-state index contributed by atoms with van der Waals surface area (Å²) in [5.41, 5.74) is 2.55. The van der Waals surface area contributed by atoms with Gasteiger partial charge in [0.1, 0.15) is 11.5 Å². The first kappa shape index (κ1) is 15.5. The molecule has 0 saturated heterocycles. The number of oxime groups is 1. The van der Waals surface area contributed by atoms with Crippen molar-refractivity contribution in [2.45, 2.75) is 11.8 Å². The van der Waals surface area contributed by atoms with E-state index in [0.29, 0.717) is 5.71 Å². The Balaban J connectivity index is 1.97. The molecular formula is C18H18N2O2S. The van der Waals surface area contributed by atoms with Crippen molar-refractivity contribution in [3.63, 3.8) is 0 Å². The average Bonchev–Trinajstić information content (AvgIpc) is 2.96. The Morgan fingerprint density at radius 2 is 2.04 bits per heavy atom. The molecule has 0 aliphatic carbocycles. The number of rotatable bonds is 4. The molecule has 0 unspecified atom stereocenters. The van der Waals surface area contributed by atoms with Crippen molar-refractivity contribution in [3.05, 3.63) is 65.2 Å². The number of methoxy groups -OCH3 is 1. The number of thioether (sulfide) groups is 1. The van der Waals surface area contributed by atoms with Gasteiger partial charge in [0.2, 0.25) is 0 Å². The van der Waals surface area contributed by atoms with Crippen LogP contribution in [0.25, 0.3) is 0 Å². The molecule has 5 heteroatoms. The molecule has 2 aromatic rings. The molecule has 0 atom stereocenters. The van der Waals surface area contributed by atoms with Gasteiger partial charge >= 0.3 is 0 Å². The molecule has 0 aromatic heterocycles. The maximum atomic E-state index is 9.39. The molecule has 3 rings (SSSR count). The Morgan fingerprint density at radius 1 is 1.26 bits per heavy atom. The van der Waals surface area contributed by atoms with Gasteiger partial charge in [-0.2, -0.15) is 0 Å². The smallest absolute Gasteiger partial charge is 0.121 e. The Morgan fingerprint density at radius 3 is 2.70 bits per heavy atom. The second kappa shape index (κ2) is 6.79. The maximum Gasteiger partial charge on any atom is 0.121 e. The topological polar surface area (TPSA) is 45.1 Å². The van der Waals surface area contributed by atoms with Crippen molar-refractivity contribution in [1.82, 2.24) is 0 Å². The first-order valence-corrected chi connectivity index (χ1v) is 8.21. The molecule has 1 heterocycles. The van der Waals surface area contributed by atoms with Crippen LogP contribution in [0.1, 0.15) is 12.5 Å². The lowest BCUT2D eigenvalue weighted by Gasteiger charge is -2.18. The van der Waals surface area contributed by atoms with Gasteiger partial charge < -0.3 is 14.8 Å². The van der Waals surface area contributed by atoms with E-state index in [1.54, 1.807) is 18.9 Å². The van der Waals surface area contributed by atoms with Gasteiger partial charge in [0.05, 0.1) is 17.8 Å². The molecule has 118 valence electrons. The molecule has 1 N–H and O–H groups in total. The molecule has 0 spiro atoms. The van der Waals surface area contributed by atoms with E-state index in [2.05, 4.69) is 23.0 Å². The van der Waals surface area contributed by atoms with Crippen LogP contribution in [0.15, 0.2) is 69.7 Å². The van der Waals surface area contributed by atoms with Crippen molar-refractivity contribution in [3.8, 4) is 5.75 Å². The summed E-state index contributed by atoms with van der Waals surface area (Å²) < 4.78 is 5.32. The monoisotopic (exact) mass is 326 g/mol. The van der Waals surface area contributed by atoms with Crippen molar-refractivity contribution in [2.24, 2.45) is 5.16 Å². The fraction of sp³-hybridized carbons (Fsp3) is 0.167. The number of hydrogen-bond acceptors (Lipinski definition) is 5. The van der Waals surface area contributed by atoms with E-state index in [9.17, 15) is 5.21 Å². The minimum atomic E-state index is 0.548. The lowest BCUT2D eigenvalue weighted by atomic mass is 10.1. The van der Waals surface area contributed by atoms with E-state index < -0.39 is 0 Å². The molecule has 0 fully saturated rings. The van der Waals surface area contributed by atoms with Crippen LogP contribution >= 0.6 is 11.8 Å². The molecule has 0 saturated carbocycles. The van der Waals surface area contributed by atoms with E-state index in [1.165, 1.54) is 4.90 Å². The van der Waals surface area contributed by atoms with Gasteiger partial charge in [-0.05, 0) is 25.1 Å². The molecule has 23 heavy (non-hydrogen) atoms. The number of allylic oxidation sites excluding steroid dienone is 1. The van der Waals surface area contributed by atoms with Crippen LogP contribution in [-0.2, 0) is 0 Å². The quantitative estimate of drug-likeness (QED) is 0.515. The Hall–Kier alpha value is -2.40. The fourth-order valence-corrected chi connectivity index (χ4v) is 3.68. The third-order valence-electron chi connectivity index (χ3n) is 3.69. The molecular weight excluding hydrogens is 308 g/mol. The number of benzene rings is 2. The van der Waals surface area contributed by atoms with Crippen LogP contribution in [0.5, 0.6) is 5.75 Å². The minimum Gasteiger partial charge on any atom is -0.497 e. The van der Waals surface area contributed by atoms with Gasteiger partial charge in [-0.1, -0.05) is 47.2 Å². The lowest BCUT2D eigenvalue weighted by Crippen LogP contribution is -2.17. The normalized spacial score (nSPS) is 15.8. The number of nitrogens with zero attached hydrogens (tertiary/aromatic N) is 2. The Labute approximate surface area is 140 Å². The molecule has 1 aliphatic heterocycles. The molecule has 0 bridgehead atoms. The van der Waals surface area contributed by atoms with Gasteiger partial charge in [-0.25, -0.2) is 0 Å². The highest BCUT2D eigenvalue weighted by Gasteiger charge is 2.25. The largest absolute Gasteiger partial charge is 0.497 e. The van der Waals surface area contributed by atoms with E-state index in [0.717, 1.165) is 28.6 Å². The number of anilines is 1. The fourth-order valence-electron chi connectivity index (χ4n) is 2.54. The van der Waals surface area contributed by atoms with Gasteiger partial charge in [0.15, 0.2) is 0 Å². The summed E-state index contributed by atoms with van der Waals surface area (Å²) in [4.78, 5) is 3.36. The summed E-state index contributed by atoms with van der Waals surface area (Å²) in [6.45, 7) is 2.92. The van der Waals surface area contributed by atoms with E-state index >= 15 is 0 Å². The summed E-state index contributed by atoms with van der Waals surface area (Å²) in [7, 11) is 1.67. The predicted octanol–water partition coefficient (Wildman–Crippen LogP) is 4.35.